The fraction of sp³-hybridized carbons (Fsp3) is 0.727. The Labute approximate surface area is 95.0 Å². The van der Waals surface area contributed by atoms with Crippen molar-refractivity contribution in [3.63, 3.8) is 0 Å². The first-order chi connectivity index (χ1) is 7.61. The highest BCUT2D eigenvalue weighted by Crippen LogP contribution is 2.11. The molecule has 0 radical (unpaired) electrons. The predicted molar refractivity (Wildman–Crippen MR) is 56.5 cm³/mol. The van der Waals surface area contributed by atoms with Gasteiger partial charge in [-0.25, -0.2) is 9.59 Å². The molecule has 0 fully saturated rings. The first-order valence-corrected chi connectivity index (χ1v) is 5.42. The maximum absolute atomic E-state index is 10.8. The van der Waals surface area contributed by atoms with Crippen molar-refractivity contribution in [1.29, 1.82) is 5.26 Å². The molecule has 1 N–H and O–H groups in total. The van der Waals surface area contributed by atoms with Crippen LogP contribution in [-0.2, 0) is 14.3 Å². The van der Waals surface area contributed by atoms with Gasteiger partial charge in [-0.05, 0) is 12.8 Å². The molecule has 0 aliphatic carbocycles. The van der Waals surface area contributed by atoms with E-state index in [1.807, 2.05) is 6.07 Å². The minimum Gasteiger partial charge on any atom is -0.473 e. The molecular weight excluding hydrogens is 210 g/mol. The van der Waals surface area contributed by atoms with Crippen LogP contribution in [0.1, 0.15) is 45.4 Å². The van der Waals surface area contributed by atoms with E-state index in [1.54, 1.807) is 0 Å². The molecule has 0 saturated heterocycles. The van der Waals surface area contributed by atoms with Gasteiger partial charge in [0, 0.05) is 0 Å². The lowest BCUT2D eigenvalue weighted by Crippen LogP contribution is -2.23. The Balaban J connectivity index is 3.93. The number of nitrogens with zero attached hydrogens (tertiary/aromatic N) is 1. The normalized spacial score (nSPS) is 11.5. The van der Waals surface area contributed by atoms with Crippen LogP contribution in [0.5, 0.6) is 0 Å². The largest absolute Gasteiger partial charge is 0.473 e. The molecule has 0 aromatic carbocycles. The van der Waals surface area contributed by atoms with E-state index in [0.29, 0.717) is 6.42 Å². The lowest BCUT2D eigenvalue weighted by atomic mass is 10.1. The first kappa shape index (κ1) is 14.4. The van der Waals surface area contributed by atoms with Gasteiger partial charge in [0.05, 0.1) is 12.5 Å². The second kappa shape index (κ2) is 8.72. The van der Waals surface area contributed by atoms with E-state index in [9.17, 15) is 9.59 Å². The number of aliphatic carboxylic acids is 1. The number of hydrogen-bond acceptors (Lipinski definition) is 4. The van der Waals surface area contributed by atoms with Gasteiger partial charge in [0.15, 0.2) is 0 Å². The maximum atomic E-state index is 10.8. The Morgan fingerprint density at radius 3 is 2.56 bits per heavy atom. The van der Waals surface area contributed by atoms with Crippen LogP contribution in [0.15, 0.2) is 0 Å². The Morgan fingerprint density at radius 2 is 2.06 bits per heavy atom. The van der Waals surface area contributed by atoms with Crippen molar-refractivity contribution < 1.29 is 19.4 Å². The van der Waals surface area contributed by atoms with E-state index in [0.717, 1.165) is 25.7 Å². The van der Waals surface area contributed by atoms with Crippen LogP contribution in [-0.4, -0.2) is 23.1 Å². The van der Waals surface area contributed by atoms with E-state index >= 15 is 0 Å². The molecule has 16 heavy (non-hydrogen) atoms. The molecule has 90 valence electrons. The number of unbranched alkanes of at least 4 members (excludes halogenated alkanes) is 3. The molecule has 5 nitrogen and oxygen atoms in total. The lowest BCUT2D eigenvalue weighted by molar-refractivity contribution is -0.167. The van der Waals surface area contributed by atoms with E-state index in [-0.39, 0.29) is 6.42 Å². The van der Waals surface area contributed by atoms with Crippen molar-refractivity contribution in [2.75, 3.05) is 0 Å². The van der Waals surface area contributed by atoms with Gasteiger partial charge in [-0.1, -0.05) is 26.2 Å². The summed E-state index contributed by atoms with van der Waals surface area (Å²) in [5, 5.41) is 16.9. The molecule has 1 atom stereocenters. The molecule has 0 heterocycles. The second-order valence-corrected chi connectivity index (χ2v) is 3.54. The van der Waals surface area contributed by atoms with Crippen molar-refractivity contribution in [2.24, 2.45) is 0 Å². The van der Waals surface area contributed by atoms with Crippen molar-refractivity contribution in [3.8, 4) is 6.07 Å². The van der Waals surface area contributed by atoms with Crippen LogP contribution in [0.25, 0.3) is 0 Å². The van der Waals surface area contributed by atoms with Gasteiger partial charge in [0.25, 0.3) is 0 Å². The zero-order valence-electron chi connectivity index (χ0n) is 9.44. The average Bonchev–Trinajstić information content (AvgIpc) is 2.24. The monoisotopic (exact) mass is 227 g/mol. The summed E-state index contributed by atoms with van der Waals surface area (Å²) in [5.74, 6) is -2.90. The van der Waals surface area contributed by atoms with Crippen molar-refractivity contribution >= 4 is 11.9 Å². The molecule has 0 aromatic heterocycles. The number of carbonyl (C=O) groups is 2. The molecule has 0 amide bonds. The summed E-state index contributed by atoms with van der Waals surface area (Å²) in [7, 11) is 0. The quantitative estimate of drug-likeness (QED) is 0.407. The van der Waals surface area contributed by atoms with Crippen LogP contribution in [0.4, 0.5) is 0 Å². The van der Waals surface area contributed by atoms with Crippen LogP contribution in [0.2, 0.25) is 0 Å². The minimum absolute atomic E-state index is 0.0468. The molecule has 0 aliphatic heterocycles. The van der Waals surface area contributed by atoms with Crippen LogP contribution in [0.3, 0.4) is 0 Å². The Morgan fingerprint density at radius 1 is 1.38 bits per heavy atom. The molecular formula is C11H17NO4. The number of esters is 1. The molecule has 0 aliphatic rings. The third-order valence-corrected chi connectivity index (χ3v) is 2.15. The summed E-state index contributed by atoms with van der Waals surface area (Å²) >= 11 is 0. The molecule has 0 saturated carbocycles. The highest BCUT2D eigenvalue weighted by Gasteiger charge is 2.19. The van der Waals surface area contributed by atoms with E-state index in [2.05, 4.69) is 11.7 Å². The summed E-state index contributed by atoms with van der Waals surface area (Å²) in [6.45, 7) is 2.08. The SMILES string of the molecule is CCCCCCC(CC#N)OC(=O)C(=O)O. The van der Waals surface area contributed by atoms with Gasteiger partial charge in [-0.15, -0.1) is 0 Å². The zero-order valence-corrected chi connectivity index (χ0v) is 9.44. The van der Waals surface area contributed by atoms with E-state index in [4.69, 9.17) is 10.4 Å². The molecule has 0 bridgehead atoms. The highest BCUT2D eigenvalue weighted by molar-refractivity contribution is 6.28. The standard InChI is InChI=1S/C11H17NO4/c1-2-3-4-5-6-9(7-8-12)16-11(15)10(13)14/h9H,2-7H2,1H3,(H,13,14). The lowest BCUT2D eigenvalue weighted by Gasteiger charge is -2.13. The Bertz CT molecular complexity index is 270. The first-order valence-electron chi connectivity index (χ1n) is 5.42. The second-order valence-electron chi connectivity index (χ2n) is 3.54. The number of carboxylic acid groups (broad SMARTS) is 1. The average molecular weight is 227 g/mol. The van der Waals surface area contributed by atoms with Gasteiger partial charge >= 0.3 is 11.9 Å². The smallest absolute Gasteiger partial charge is 0.417 e. The van der Waals surface area contributed by atoms with E-state index in [1.165, 1.54) is 0 Å². The number of carbonyl (C=O) groups excluding carboxylic acids is 1. The number of nitriles is 1. The summed E-state index contributed by atoms with van der Waals surface area (Å²) < 4.78 is 4.67. The summed E-state index contributed by atoms with van der Waals surface area (Å²) in [4.78, 5) is 21.0. The summed E-state index contributed by atoms with van der Waals surface area (Å²) in [6, 6.07) is 1.88. The topological polar surface area (TPSA) is 87.4 Å². The number of carboxylic acids is 1. The molecule has 0 aromatic rings. The fourth-order valence-electron chi connectivity index (χ4n) is 1.31. The summed E-state index contributed by atoms with van der Waals surface area (Å²) in [6.07, 6.45) is 4.03. The molecule has 0 rings (SSSR count). The Kier molecular flexibility index (Phi) is 7.86. The maximum Gasteiger partial charge on any atom is 0.417 e. The zero-order chi connectivity index (χ0) is 12.4. The van der Waals surface area contributed by atoms with Gasteiger partial charge in [-0.3, -0.25) is 0 Å². The highest BCUT2D eigenvalue weighted by atomic mass is 16.6. The van der Waals surface area contributed by atoms with E-state index < -0.39 is 18.0 Å². The molecule has 1 unspecified atom stereocenters. The van der Waals surface area contributed by atoms with Crippen molar-refractivity contribution in [2.45, 2.75) is 51.6 Å². The van der Waals surface area contributed by atoms with Gasteiger partial charge in [0.2, 0.25) is 0 Å². The van der Waals surface area contributed by atoms with Gasteiger partial charge in [0.1, 0.15) is 6.10 Å². The van der Waals surface area contributed by atoms with Crippen molar-refractivity contribution in [3.05, 3.63) is 0 Å². The Hall–Kier alpha value is -1.57. The number of ether oxygens (including phenoxy) is 1. The van der Waals surface area contributed by atoms with Crippen LogP contribution in [0, 0.1) is 11.3 Å². The van der Waals surface area contributed by atoms with Gasteiger partial charge < -0.3 is 9.84 Å². The molecule has 0 spiro atoms. The third-order valence-electron chi connectivity index (χ3n) is 2.15. The predicted octanol–water partition coefficient (Wildman–Crippen LogP) is 1.87. The van der Waals surface area contributed by atoms with Crippen molar-refractivity contribution in [1.82, 2.24) is 0 Å². The van der Waals surface area contributed by atoms with Gasteiger partial charge in [-0.2, -0.15) is 5.26 Å². The third kappa shape index (κ3) is 6.82. The minimum atomic E-state index is -1.61. The number of rotatable bonds is 7. The van der Waals surface area contributed by atoms with Crippen LogP contribution < -0.4 is 0 Å². The fourth-order valence-corrected chi connectivity index (χ4v) is 1.31. The van der Waals surface area contributed by atoms with Crippen LogP contribution >= 0.6 is 0 Å². The molecule has 5 heteroatoms. The summed E-state index contributed by atoms with van der Waals surface area (Å²) in [5.41, 5.74) is 0. The number of hydrogen-bond donors (Lipinski definition) is 1.